The smallest absolute Gasteiger partial charge is 0.326 e. The van der Waals surface area contributed by atoms with Gasteiger partial charge in [-0.2, -0.15) is 0 Å². The van der Waals surface area contributed by atoms with Gasteiger partial charge in [0.1, 0.15) is 6.04 Å². The predicted molar refractivity (Wildman–Crippen MR) is 142 cm³/mol. The zero-order valence-electron chi connectivity index (χ0n) is 21.0. The van der Waals surface area contributed by atoms with Crippen LogP contribution in [0.2, 0.25) is 0 Å². The number of carboxylic acids is 1. The molecule has 2 aliphatic rings. The van der Waals surface area contributed by atoms with Crippen molar-refractivity contribution in [1.82, 2.24) is 9.80 Å². The normalized spacial score (nSPS) is 15.9. The number of hydrogen-bond acceptors (Lipinski definition) is 5. The number of benzene rings is 3. The van der Waals surface area contributed by atoms with Gasteiger partial charge < -0.3 is 14.9 Å². The van der Waals surface area contributed by atoms with Crippen LogP contribution in [0.5, 0.6) is 0 Å². The van der Waals surface area contributed by atoms with Crippen molar-refractivity contribution in [2.24, 2.45) is 0 Å². The van der Waals surface area contributed by atoms with E-state index in [1.165, 1.54) is 23.3 Å². The molecule has 0 aliphatic carbocycles. The minimum atomic E-state index is -1.39. The van der Waals surface area contributed by atoms with Gasteiger partial charge in [0.2, 0.25) is 5.91 Å². The highest BCUT2D eigenvalue weighted by Crippen LogP contribution is 2.26. The standard InChI is InChI=1S/C30H29N3O5/c34-27(15-14-26(30(37)38)33-28(35)24-8-4-5-9-25(24)29(33)36)32-18-16-31(17-19-32)23-12-10-22(11-13-23)20-21-6-2-1-3-7-21/h1-13,26H,14-20H2,(H,37,38)/t26-/m0/s1. The number of imide groups is 1. The molecule has 3 aromatic rings. The lowest BCUT2D eigenvalue weighted by Crippen LogP contribution is -2.49. The molecular formula is C30H29N3O5. The molecule has 3 aromatic carbocycles. The average molecular weight is 512 g/mol. The number of carbonyl (C=O) groups is 4. The highest BCUT2D eigenvalue weighted by Gasteiger charge is 2.42. The van der Waals surface area contributed by atoms with Gasteiger partial charge in [0.25, 0.3) is 11.8 Å². The summed E-state index contributed by atoms with van der Waals surface area (Å²) in [5.41, 5.74) is 3.99. The molecule has 0 radical (unpaired) electrons. The van der Waals surface area contributed by atoms with Crippen molar-refractivity contribution in [3.05, 3.63) is 101 Å². The third-order valence-corrected chi connectivity index (χ3v) is 7.24. The molecule has 194 valence electrons. The minimum absolute atomic E-state index is 0.0570. The van der Waals surface area contributed by atoms with Crippen LogP contribution in [0.3, 0.4) is 0 Å². The fourth-order valence-electron chi connectivity index (χ4n) is 5.14. The summed E-state index contributed by atoms with van der Waals surface area (Å²) >= 11 is 0. The Kier molecular flexibility index (Phi) is 7.22. The maximum Gasteiger partial charge on any atom is 0.326 e. The number of anilines is 1. The Balaban J connectivity index is 1.14. The van der Waals surface area contributed by atoms with Crippen LogP contribution in [0.15, 0.2) is 78.9 Å². The number of rotatable bonds is 8. The number of amides is 3. The molecule has 1 saturated heterocycles. The van der Waals surface area contributed by atoms with Gasteiger partial charge in [0.05, 0.1) is 11.1 Å². The Bertz CT molecular complexity index is 1310. The molecule has 2 heterocycles. The Labute approximate surface area is 221 Å². The molecule has 0 aromatic heterocycles. The third-order valence-electron chi connectivity index (χ3n) is 7.24. The van der Waals surface area contributed by atoms with Gasteiger partial charge in [0, 0.05) is 38.3 Å². The Morgan fingerprint density at radius 1 is 0.737 bits per heavy atom. The van der Waals surface area contributed by atoms with Gasteiger partial charge in [-0.3, -0.25) is 19.3 Å². The number of piperazine rings is 1. The van der Waals surface area contributed by atoms with Crippen LogP contribution >= 0.6 is 0 Å². The maximum atomic E-state index is 12.9. The van der Waals surface area contributed by atoms with E-state index in [4.69, 9.17) is 0 Å². The second kappa shape index (κ2) is 10.9. The molecule has 1 atom stereocenters. The molecule has 1 fully saturated rings. The summed E-state index contributed by atoms with van der Waals surface area (Å²) in [6.45, 7) is 2.39. The molecule has 0 unspecified atom stereocenters. The SMILES string of the molecule is O=C(O)[C@H](CCC(=O)N1CCN(c2ccc(Cc3ccccc3)cc2)CC1)N1C(=O)c2ccccc2C1=O. The van der Waals surface area contributed by atoms with E-state index in [0.717, 1.165) is 17.0 Å². The van der Waals surface area contributed by atoms with E-state index in [1.807, 2.05) is 18.2 Å². The maximum absolute atomic E-state index is 12.9. The number of hydrogen-bond donors (Lipinski definition) is 1. The first-order chi connectivity index (χ1) is 18.4. The quantitative estimate of drug-likeness (QED) is 0.465. The topological polar surface area (TPSA) is 98.2 Å². The molecule has 38 heavy (non-hydrogen) atoms. The molecule has 1 N–H and O–H groups in total. The van der Waals surface area contributed by atoms with Gasteiger partial charge in [-0.05, 0) is 48.2 Å². The van der Waals surface area contributed by atoms with Crippen molar-refractivity contribution < 1.29 is 24.3 Å². The summed E-state index contributed by atoms with van der Waals surface area (Å²) in [4.78, 5) is 55.1. The van der Waals surface area contributed by atoms with Gasteiger partial charge >= 0.3 is 5.97 Å². The lowest BCUT2D eigenvalue weighted by Gasteiger charge is -2.36. The Morgan fingerprint density at radius 2 is 1.29 bits per heavy atom. The van der Waals surface area contributed by atoms with Crippen LogP contribution < -0.4 is 4.90 Å². The number of carboxylic acid groups (broad SMARTS) is 1. The minimum Gasteiger partial charge on any atom is -0.480 e. The van der Waals surface area contributed by atoms with Crippen LogP contribution in [0, 0.1) is 0 Å². The molecule has 5 rings (SSSR count). The summed E-state index contributed by atoms with van der Waals surface area (Å²) in [6.07, 6.45) is 0.697. The van der Waals surface area contributed by atoms with Crippen molar-refractivity contribution in [2.45, 2.75) is 25.3 Å². The van der Waals surface area contributed by atoms with Crippen LogP contribution in [-0.4, -0.2) is 70.8 Å². The first-order valence-electron chi connectivity index (χ1n) is 12.8. The van der Waals surface area contributed by atoms with E-state index in [9.17, 15) is 24.3 Å². The van der Waals surface area contributed by atoms with Crippen molar-refractivity contribution in [1.29, 1.82) is 0 Å². The predicted octanol–water partition coefficient (Wildman–Crippen LogP) is 3.46. The van der Waals surface area contributed by atoms with Crippen LogP contribution in [0.25, 0.3) is 0 Å². The van der Waals surface area contributed by atoms with Crippen molar-refractivity contribution in [3.8, 4) is 0 Å². The summed E-state index contributed by atoms with van der Waals surface area (Å²) in [7, 11) is 0. The second-order valence-corrected chi connectivity index (χ2v) is 9.62. The van der Waals surface area contributed by atoms with Crippen LogP contribution in [0.1, 0.15) is 44.7 Å². The fourth-order valence-corrected chi connectivity index (χ4v) is 5.14. The van der Waals surface area contributed by atoms with Crippen LogP contribution in [0.4, 0.5) is 5.69 Å². The number of fused-ring (bicyclic) bond motifs is 1. The van der Waals surface area contributed by atoms with Gasteiger partial charge in [-0.1, -0.05) is 54.6 Å². The van der Waals surface area contributed by atoms with E-state index in [2.05, 4.69) is 41.3 Å². The Morgan fingerprint density at radius 3 is 1.87 bits per heavy atom. The van der Waals surface area contributed by atoms with E-state index in [1.54, 1.807) is 17.0 Å². The highest BCUT2D eigenvalue weighted by molar-refractivity contribution is 6.22. The first-order valence-corrected chi connectivity index (χ1v) is 12.8. The molecule has 8 nitrogen and oxygen atoms in total. The number of carbonyl (C=O) groups excluding carboxylic acids is 3. The molecular weight excluding hydrogens is 482 g/mol. The van der Waals surface area contributed by atoms with Crippen molar-refractivity contribution in [2.75, 3.05) is 31.1 Å². The van der Waals surface area contributed by atoms with Gasteiger partial charge in [-0.25, -0.2) is 4.79 Å². The van der Waals surface area contributed by atoms with Gasteiger partial charge in [-0.15, -0.1) is 0 Å². The third kappa shape index (κ3) is 5.16. The van der Waals surface area contributed by atoms with E-state index < -0.39 is 23.8 Å². The summed E-state index contributed by atoms with van der Waals surface area (Å²) in [5, 5.41) is 9.76. The van der Waals surface area contributed by atoms with E-state index in [0.29, 0.717) is 26.2 Å². The van der Waals surface area contributed by atoms with E-state index in [-0.39, 0.29) is 29.9 Å². The largest absolute Gasteiger partial charge is 0.480 e. The number of nitrogens with zero attached hydrogens (tertiary/aromatic N) is 3. The molecule has 3 amide bonds. The average Bonchev–Trinajstić information content (AvgIpc) is 3.19. The van der Waals surface area contributed by atoms with E-state index >= 15 is 0 Å². The lowest BCUT2D eigenvalue weighted by atomic mass is 10.0. The van der Waals surface area contributed by atoms with Crippen LogP contribution in [-0.2, 0) is 16.0 Å². The first kappa shape index (κ1) is 25.2. The molecule has 0 saturated carbocycles. The van der Waals surface area contributed by atoms with Crippen molar-refractivity contribution >= 4 is 29.4 Å². The summed E-state index contributed by atoms with van der Waals surface area (Å²) in [6, 6.07) is 23.7. The monoisotopic (exact) mass is 511 g/mol. The summed E-state index contributed by atoms with van der Waals surface area (Å²) < 4.78 is 0. The molecule has 8 heteroatoms. The molecule has 0 bridgehead atoms. The van der Waals surface area contributed by atoms with Gasteiger partial charge in [0.15, 0.2) is 0 Å². The lowest BCUT2D eigenvalue weighted by molar-refractivity contribution is -0.142. The second-order valence-electron chi connectivity index (χ2n) is 9.62. The van der Waals surface area contributed by atoms with Crippen molar-refractivity contribution in [3.63, 3.8) is 0 Å². The summed E-state index contributed by atoms with van der Waals surface area (Å²) in [5.74, 6) is -2.73. The fraction of sp³-hybridized carbons (Fsp3) is 0.267. The zero-order chi connectivity index (χ0) is 26.6. The number of aliphatic carboxylic acids is 1. The molecule has 0 spiro atoms. The Hall–Kier alpha value is -4.46. The highest BCUT2D eigenvalue weighted by atomic mass is 16.4. The zero-order valence-corrected chi connectivity index (χ0v) is 21.0. The molecule has 2 aliphatic heterocycles.